The lowest BCUT2D eigenvalue weighted by molar-refractivity contribution is -0.242. The van der Waals surface area contributed by atoms with Crippen molar-refractivity contribution in [1.29, 1.82) is 0 Å². The van der Waals surface area contributed by atoms with E-state index in [0.717, 1.165) is 47.5 Å². The van der Waals surface area contributed by atoms with Crippen molar-refractivity contribution in [1.82, 2.24) is 9.03 Å². The predicted octanol–water partition coefficient (Wildman–Crippen LogP) is 3.60. The molecule has 0 bridgehead atoms. The minimum Gasteiger partial charge on any atom is -0.485 e. The number of hydrogen-bond acceptors (Lipinski definition) is 7. The van der Waals surface area contributed by atoms with E-state index in [1.807, 2.05) is 0 Å². The summed E-state index contributed by atoms with van der Waals surface area (Å²) in [6.45, 7) is 0.645. The van der Waals surface area contributed by atoms with Crippen LogP contribution in [0.15, 0.2) is 47.4 Å². The van der Waals surface area contributed by atoms with Gasteiger partial charge in [0.1, 0.15) is 17.7 Å². The molecule has 0 aromatic heterocycles. The fourth-order valence-electron chi connectivity index (χ4n) is 3.82. The van der Waals surface area contributed by atoms with E-state index in [-0.39, 0.29) is 34.6 Å². The number of sulfonamides is 1. The molecular formula is C24H28F4N4O7S2. The van der Waals surface area contributed by atoms with Gasteiger partial charge in [0.15, 0.2) is 0 Å². The Labute approximate surface area is 234 Å². The number of anilines is 2. The molecule has 1 amide bonds. The maximum Gasteiger partial charge on any atom is 0.427 e. The van der Waals surface area contributed by atoms with Crippen LogP contribution in [0.1, 0.15) is 26.7 Å². The summed E-state index contributed by atoms with van der Waals surface area (Å²) < 4.78 is 120. The molecule has 1 aliphatic heterocycles. The maximum absolute atomic E-state index is 13.6. The van der Waals surface area contributed by atoms with Gasteiger partial charge in [-0.05, 0) is 69.2 Å². The van der Waals surface area contributed by atoms with E-state index >= 15 is 0 Å². The lowest BCUT2D eigenvalue weighted by Gasteiger charge is -2.36. The second-order valence-electron chi connectivity index (χ2n) is 10.0. The number of carbonyl (C=O) groups excluding carboxylic acids is 1. The smallest absolute Gasteiger partial charge is 0.427 e. The molecule has 0 saturated heterocycles. The van der Waals surface area contributed by atoms with Crippen molar-refractivity contribution in [3.63, 3.8) is 0 Å². The van der Waals surface area contributed by atoms with E-state index in [2.05, 4.69) is 14.8 Å². The Bertz CT molecular complexity index is 1510. The summed E-state index contributed by atoms with van der Waals surface area (Å²) >= 11 is 0. The fraction of sp³-hybridized carbons (Fsp3) is 0.458. The Balaban J connectivity index is 1.62. The maximum atomic E-state index is 13.6. The van der Waals surface area contributed by atoms with Crippen molar-refractivity contribution in [3.05, 3.63) is 48.3 Å². The standard InChI is InChI=1S/C24H28F4N4O7S2/c1-23(2,24(26,27)28)39-22(33)30-16-6-11-21-20(12-16)32(40(34,35)19-9-4-15(25)5-10-19)14-18(38-21)13-29-41(36,37)31(3)17-7-8-17/h4-6,9-12,17-18,29H,7-8,13-14H2,1-3H3,(H,30,33)/t18-/m0/s1. The van der Waals surface area contributed by atoms with Crippen molar-refractivity contribution in [3.8, 4) is 5.75 Å². The zero-order chi connectivity index (χ0) is 30.4. The molecule has 2 N–H and O–H groups in total. The Morgan fingerprint density at radius 1 is 1.10 bits per heavy atom. The minimum absolute atomic E-state index is 0.0174. The van der Waals surface area contributed by atoms with Crippen molar-refractivity contribution in [2.24, 2.45) is 0 Å². The first-order valence-corrected chi connectivity index (χ1v) is 15.2. The van der Waals surface area contributed by atoms with Crippen LogP contribution in [0.25, 0.3) is 0 Å². The summed E-state index contributed by atoms with van der Waals surface area (Å²) in [5, 5.41) is 2.14. The van der Waals surface area contributed by atoms with Crippen LogP contribution in [-0.4, -0.2) is 71.3 Å². The molecule has 2 aromatic rings. The van der Waals surface area contributed by atoms with Crippen molar-refractivity contribution in [2.75, 3.05) is 29.8 Å². The van der Waals surface area contributed by atoms with Gasteiger partial charge in [-0.15, -0.1) is 0 Å². The molecule has 1 saturated carbocycles. The van der Waals surface area contributed by atoms with E-state index in [1.165, 1.54) is 23.5 Å². The van der Waals surface area contributed by atoms with E-state index < -0.39 is 56.6 Å². The van der Waals surface area contributed by atoms with Gasteiger partial charge in [-0.3, -0.25) is 9.62 Å². The molecule has 4 rings (SSSR count). The van der Waals surface area contributed by atoms with Gasteiger partial charge in [-0.2, -0.15) is 30.6 Å². The molecule has 11 nitrogen and oxygen atoms in total. The number of hydrogen-bond donors (Lipinski definition) is 2. The van der Waals surface area contributed by atoms with Crippen LogP contribution in [0.2, 0.25) is 0 Å². The zero-order valence-electron chi connectivity index (χ0n) is 22.1. The fourth-order valence-corrected chi connectivity index (χ4v) is 6.53. The Morgan fingerprint density at radius 2 is 1.73 bits per heavy atom. The highest BCUT2D eigenvalue weighted by molar-refractivity contribution is 7.92. The van der Waals surface area contributed by atoms with Crippen LogP contribution >= 0.6 is 0 Å². The molecule has 0 radical (unpaired) electrons. The number of ether oxygens (including phenoxy) is 2. The quantitative estimate of drug-likeness (QED) is 0.407. The number of fused-ring (bicyclic) bond motifs is 1. The number of carbonyl (C=O) groups is 1. The third-order valence-corrected chi connectivity index (χ3v) is 9.88. The first kappa shape index (κ1) is 30.8. The third-order valence-electron chi connectivity index (χ3n) is 6.50. The normalized spacial score (nSPS) is 18.0. The molecule has 1 aliphatic carbocycles. The summed E-state index contributed by atoms with van der Waals surface area (Å²) in [6, 6.07) is 7.53. The van der Waals surface area contributed by atoms with Crippen LogP contribution in [0.5, 0.6) is 5.75 Å². The largest absolute Gasteiger partial charge is 0.485 e. The molecule has 17 heteroatoms. The summed E-state index contributed by atoms with van der Waals surface area (Å²) in [5.74, 6) is -0.693. The average molecular weight is 625 g/mol. The first-order valence-electron chi connectivity index (χ1n) is 12.3. The molecule has 41 heavy (non-hydrogen) atoms. The number of halogens is 4. The highest BCUT2D eigenvalue weighted by atomic mass is 32.2. The van der Waals surface area contributed by atoms with Gasteiger partial charge < -0.3 is 9.47 Å². The molecule has 1 fully saturated rings. The first-order chi connectivity index (χ1) is 18.9. The molecule has 0 unspecified atom stereocenters. The zero-order valence-corrected chi connectivity index (χ0v) is 23.7. The highest BCUT2D eigenvalue weighted by Gasteiger charge is 2.51. The Morgan fingerprint density at radius 3 is 2.32 bits per heavy atom. The van der Waals surface area contributed by atoms with Gasteiger partial charge in [0.25, 0.3) is 20.2 Å². The van der Waals surface area contributed by atoms with Crippen LogP contribution in [0, 0.1) is 5.82 Å². The van der Waals surface area contributed by atoms with E-state index in [4.69, 9.17) is 4.74 Å². The highest BCUT2D eigenvalue weighted by Crippen LogP contribution is 2.39. The Hall–Kier alpha value is -3.15. The number of rotatable bonds is 9. The van der Waals surface area contributed by atoms with Crippen LogP contribution in [-0.2, 0) is 25.0 Å². The van der Waals surface area contributed by atoms with Gasteiger partial charge in [-0.25, -0.2) is 17.6 Å². The molecule has 1 atom stereocenters. The molecule has 226 valence electrons. The van der Waals surface area contributed by atoms with Crippen molar-refractivity contribution in [2.45, 2.75) is 55.5 Å². The lowest BCUT2D eigenvalue weighted by atomic mass is 10.1. The SMILES string of the molecule is CN(C1CC1)S(=O)(=O)NC[C@H]1CN(S(=O)(=O)c2ccc(F)cc2)c2cc(NC(=O)OC(C)(C)C(F)(F)F)ccc2O1. The summed E-state index contributed by atoms with van der Waals surface area (Å²) in [6.07, 6.45) is -5.84. The average Bonchev–Trinajstić information content (AvgIpc) is 3.71. The molecular weight excluding hydrogens is 596 g/mol. The molecule has 2 aliphatic rings. The number of nitrogens with one attached hydrogen (secondary N) is 2. The lowest BCUT2D eigenvalue weighted by Crippen LogP contribution is -2.50. The van der Waals surface area contributed by atoms with Gasteiger partial charge in [0.2, 0.25) is 5.60 Å². The topological polar surface area (TPSA) is 134 Å². The number of alkyl halides is 3. The monoisotopic (exact) mass is 624 g/mol. The van der Waals surface area contributed by atoms with E-state index in [0.29, 0.717) is 13.8 Å². The number of nitrogens with zero attached hydrogens (tertiary/aromatic N) is 2. The van der Waals surface area contributed by atoms with Crippen LogP contribution < -0.4 is 19.1 Å². The summed E-state index contributed by atoms with van der Waals surface area (Å²) in [5.41, 5.74) is -3.02. The Kier molecular flexibility index (Phi) is 8.20. The second-order valence-corrected chi connectivity index (χ2v) is 13.7. The van der Waals surface area contributed by atoms with Crippen molar-refractivity contribution < 1.29 is 48.7 Å². The second kappa shape index (κ2) is 10.9. The molecule has 2 aromatic carbocycles. The predicted molar refractivity (Wildman–Crippen MR) is 140 cm³/mol. The number of amides is 1. The van der Waals surface area contributed by atoms with Gasteiger partial charge in [0.05, 0.1) is 23.7 Å². The third kappa shape index (κ3) is 6.85. The van der Waals surface area contributed by atoms with Crippen molar-refractivity contribution >= 4 is 37.7 Å². The molecule has 0 spiro atoms. The molecule has 1 heterocycles. The number of benzene rings is 2. The van der Waals surface area contributed by atoms with Crippen LogP contribution in [0.4, 0.5) is 33.7 Å². The van der Waals surface area contributed by atoms with Gasteiger partial charge >= 0.3 is 12.3 Å². The van der Waals surface area contributed by atoms with Crippen LogP contribution in [0.3, 0.4) is 0 Å². The summed E-state index contributed by atoms with van der Waals surface area (Å²) in [7, 11) is -6.83. The summed E-state index contributed by atoms with van der Waals surface area (Å²) in [4.78, 5) is 11.9. The van der Waals surface area contributed by atoms with Gasteiger partial charge in [0, 0.05) is 18.8 Å². The minimum atomic E-state index is -4.85. The van der Waals surface area contributed by atoms with E-state index in [9.17, 15) is 39.2 Å². The van der Waals surface area contributed by atoms with Gasteiger partial charge in [-0.1, -0.05) is 0 Å². The van der Waals surface area contributed by atoms with E-state index in [1.54, 1.807) is 0 Å².